The molecule has 11 heteroatoms. The molecule has 1 fully saturated rings. The van der Waals surface area contributed by atoms with Gasteiger partial charge < -0.3 is 15.0 Å². The van der Waals surface area contributed by atoms with Crippen LogP contribution in [0.25, 0.3) is 0 Å². The predicted molar refractivity (Wildman–Crippen MR) is 112 cm³/mol. The number of sulfone groups is 1. The zero-order chi connectivity index (χ0) is 21.6. The van der Waals surface area contributed by atoms with Crippen LogP contribution in [0.5, 0.6) is 5.75 Å². The van der Waals surface area contributed by atoms with Gasteiger partial charge in [0.05, 0.1) is 11.5 Å². The van der Waals surface area contributed by atoms with Crippen molar-refractivity contribution in [2.45, 2.75) is 30.6 Å². The third-order valence-corrected chi connectivity index (χ3v) is 6.60. The molecule has 0 aliphatic carbocycles. The number of piperidine rings is 1. The lowest BCUT2D eigenvalue weighted by atomic mass is 9.95. The predicted octanol–water partition coefficient (Wildman–Crippen LogP) is 1.98. The molecule has 1 N–H and O–H groups in total. The molecule has 1 saturated heterocycles. The quantitative estimate of drug-likeness (QED) is 0.608. The van der Waals surface area contributed by atoms with Gasteiger partial charge in [-0.25, -0.2) is 8.42 Å². The van der Waals surface area contributed by atoms with Crippen molar-refractivity contribution in [2.75, 3.05) is 31.3 Å². The Balaban J connectivity index is 1.34. The van der Waals surface area contributed by atoms with Crippen molar-refractivity contribution >= 4 is 38.1 Å². The smallest absolute Gasteiger partial charge is 0.229 e. The Bertz CT molecular complexity index is 953. The molecule has 0 bridgehead atoms. The second-order valence-electron chi connectivity index (χ2n) is 7.08. The topological polar surface area (TPSA) is 119 Å². The van der Waals surface area contributed by atoms with Crippen LogP contribution in [-0.4, -0.2) is 61.3 Å². The molecular weight excluding hydrogens is 428 g/mol. The SMILES string of the molecule is CS(=O)(=O)c1ccc(OCCCC(=O)N2CCC(C(=O)Nc3nncs3)CC2)cc1. The number of rotatable bonds is 8. The minimum Gasteiger partial charge on any atom is -0.494 e. The first-order valence-electron chi connectivity index (χ1n) is 9.60. The summed E-state index contributed by atoms with van der Waals surface area (Å²) in [5, 5.41) is 10.7. The third kappa shape index (κ3) is 6.23. The van der Waals surface area contributed by atoms with Crippen molar-refractivity contribution in [1.82, 2.24) is 15.1 Å². The summed E-state index contributed by atoms with van der Waals surface area (Å²) < 4.78 is 28.5. The van der Waals surface area contributed by atoms with Crippen molar-refractivity contribution in [1.29, 1.82) is 0 Å². The largest absolute Gasteiger partial charge is 0.494 e. The summed E-state index contributed by atoms with van der Waals surface area (Å²) in [6.45, 7) is 1.48. The molecule has 1 aromatic carbocycles. The minimum atomic E-state index is -3.23. The highest BCUT2D eigenvalue weighted by atomic mass is 32.2. The summed E-state index contributed by atoms with van der Waals surface area (Å²) in [5.74, 6) is 0.413. The van der Waals surface area contributed by atoms with Gasteiger partial charge in [-0.3, -0.25) is 9.59 Å². The van der Waals surface area contributed by atoms with Gasteiger partial charge in [0.2, 0.25) is 16.9 Å². The summed E-state index contributed by atoms with van der Waals surface area (Å²) in [6, 6.07) is 6.22. The van der Waals surface area contributed by atoms with Gasteiger partial charge in [0.15, 0.2) is 9.84 Å². The molecule has 2 amide bonds. The Morgan fingerprint density at radius 2 is 1.93 bits per heavy atom. The van der Waals surface area contributed by atoms with Crippen LogP contribution < -0.4 is 10.1 Å². The fourth-order valence-corrected chi connectivity index (χ4v) is 4.26. The fourth-order valence-electron chi connectivity index (χ4n) is 3.18. The van der Waals surface area contributed by atoms with E-state index in [1.54, 1.807) is 22.5 Å². The normalized spacial score (nSPS) is 15.0. The van der Waals surface area contributed by atoms with Crippen molar-refractivity contribution in [3.05, 3.63) is 29.8 Å². The summed E-state index contributed by atoms with van der Waals surface area (Å²) in [5.41, 5.74) is 1.56. The van der Waals surface area contributed by atoms with Crippen molar-refractivity contribution < 1.29 is 22.7 Å². The van der Waals surface area contributed by atoms with Gasteiger partial charge in [-0.05, 0) is 43.5 Å². The van der Waals surface area contributed by atoms with E-state index in [4.69, 9.17) is 4.74 Å². The number of nitrogens with zero attached hydrogens (tertiary/aromatic N) is 3. The van der Waals surface area contributed by atoms with Crippen molar-refractivity contribution in [2.24, 2.45) is 5.92 Å². The van der Waals surface area contributed by atoms with E-state index in [0.29, 0.717) is 56.3 Å². The first kappa shape index (κ1) is 22.2. The molecule has 1 aliphatic heterocycles. The minimum absolute atomic E-state index is 0.0500. The Hall–Kier alpha value is -2.53. The monoisotopic (exact) mass is 452 g/mol. The van der Waals surface area contributed by atoms with E-state index in [9.17, 15) is 18.0 Å². The zero-order valence-corrected chi connectivity index (χ0v) is 18.2. The maximum atomic E-state index is 12.4. The average molecular weight is 453 g/mol. The summed E-state index contributed by atoms with van der Waals surface area (Å²) in [7, 11) is -3.23. The van der Waals surface area contributed by atoms with Gasteiger partial charge in [-0.1, -0.05) is 11.3 Å². The van der Waals surface area contributed by atoms with E-state index in [1.165, 1.54) is 23.5 Å². The number of carbonyl (C=O) groups is 2. The first-order chi connectivity index (χ1) is 14.3. The van der Waals surface area contributed by atoms with E-state index < -0.39 is 9.84 Å². The molecule has 0 atom stereocenters. The molecule has 162 valence electrons. The number of carbonyl (C=O) groups excluding carboxylic acids is 2. The van der Waals surface area contributed by atoms with Crippen LogP contribution in [0.4, 0.5) is 5.13 Å². The van der Waals surface area contributed by atoms with E-state index in [0.717, 1.165) is 6.26 Å². The number of aromatic nitrogens is 2. The van der Waals surface area contributed by atoms with E-state index in [-0.39, 0.29) is 22.6 Å². The molecule has 1 aromatic heterocycles. The molecule has 0 spiro atoms. The lowest BCUT2D eigenvalue weighted by Gasteiger charge is -2.31. The Morgan fingerprint density at radius 3 is 2.53 bits per heavy atom. The second kappa shape index (κ2) is 9.98. The molecular formula is C19H24N4O5S2. The van der Waals surface area contributed by atoms with E-state index in [2.05, 4.69) is 15.5 Å². The van der Waals surface area contributed by atoms with Crippen LogP contribution >= 0.6 is 11.3 Å². The lowest BCUT2D eigenvalue weighted by Crippen LogP contribution is -2.41. The molecule has 2 aromatic rings. The summed E-state index contributed by atoms with van der Waals surface area (Å²) in [6.07, 6.45) is 3.33. The van der Waals surface area contributed by atoms with Crippen LogP contribution in [0.1, 0.15) is 25.7 Å². The highest BCUT2D eigenvalue weighted by molar-refractivity contribution is 7.90. The molecule has 9 nitrogen and oxygen atoms in total. The number of hydrogen-bond acceptors (Lipinski definition) is 8. The third-order valence-electron chi connectivity index (χ3n) is 4.86. The average Bonchev–Trinajstić information content (AvgIpc) is 3.24. The molecule has 0 saturated carbocycles. The standard InChI is InChI=1S/C19H24N4O5S2/c1-30(26,27)16-6-4-15(5-7-16)28-12-2-3-17(24)23-10-8-14(9-11-23)18(25)21-19-22-20-13-29-19/h4-7,13-14H,2-3,8-12H2,1H3,(H,21,22,25). The second-order valence-corrected chi connectivity index (χ2v) is 9.93. The molecule has 0 radical (unpaired) electrons. The highest BCUT2D eigenvalue weighted by Gasteiger charge is 2.27. The van der Waals surface area contributed by atoms with Gasteiger partial charge in [0.1, 0.15) is 11.3 Å². The molecule has 2 heterocycles. The number of anilines is 1. The molecule has 0 unspecified atom stereocenters. The van der Waals surface area contributed by atoms with Crippen LogP contribution in [0.15, 0.2) is 34.7 Å². The van der Waals surface area contributed by atoms with Gasteiger partial charge >= 0.3 is 0 Å². The molecule has 1 aliphatic rings. The van der Waals surface area contributed by atoms with E-state index in [1.807, 2.05) is 0 Å². The fraction of sp³-hybridized carbons (Fsp3) is 0.474. The number of amides is 2. The molecule has 3 rings (SSSR count). The van der Waals surface area contributed by atoms with Crippen LogP contribution in [0.2, 0.25) is 0 Å². The highest BCUT2D eigenvalue weighted by Crippen LogP contribution is 2.21. The zero-order valence-electron chi connectivity index (χ0n) is 16.6. The lowest BCUT2D eigenvalue weighted by molar-refractivity contribution is -0.134. The Labute approximate surface area is 179 Å². The van der Waals surface area contributed by atoms with Gasteiger partial charge in [0.25, 0.3) is 0 Å². The van der Waals surface area contributed by atoms with Crippen LogP contribution in [0.3, 0.4) is 0 Å². The maximum Gasteiger partial charge on any atom is 0.229 e. The van der Waals surface area contributed by atoms with Crippen LogP contribution in [0, 0.1) is 5.92 Å². The Kier molecular flexibility index (Phi) is 7.38. The van der Waals surface area contributed by atoms with Gasteiger partial charge in [-0.2, -0.15) is 0 Å². The number of nitrogens with one attached hydrogen (secondary N) is 1. The Morgan fingerprint density at radius 1 is 1.23 bits per heavy atom. The van der Waals surface area contributed by atoms with Gasteiger partial charge in [-0.15, -0.1) is 10.2 Å². The number of ether oxygens (including phenoxy) is 1. The first-order valence-corrected chi connectivity index (χ1v) is 12.4. The summed E-state index contributed by atoms with van der Waals surface area (Å²) >= 11 is 1.27. The van der Waals surface area contributed by atoms with Gasteiger partial charge in [0, 0.05) is 31.7 Å². The van der Waals surface area contributed by atoms with E-state index >= 15 is 0 Å². The number of benzene rings is 1. The summed E-state index contributed by atoms with van der Waals surface area (Å²) in [4.78, 5) is 26.7. The van der Waals surface area contributed by atoms with Crippen molar-refractivity contribution in [3.8, 4) is 5.75 Å². The molecule has 30 heavy (non-hydrogen) atoms. The van der Waals surface area contributed by atoms with Crippen molar-refractivity contribution in [3.63, 3.8) is 0 Å². The number of hydrogen-bond donors (Lipinski definition) is 1. The maximum absolute atomic E-state index is 12.4. The number of likely N-dealkylation sites (tertiary alicyclic amines) is 1. The van der Waals surface area contributed by atoms with Crippen LogP contribution in [-0.2, 0) is 19.4 Å².